The topological polar surface area (TPSA) is 42.2 Å². The number of hydrogen-bond acceptors (Lipinski definition) is 3. The summed E-state index contributed by atoms with van der Waals surface area (Å²) in [6.45, 7) is 4.59. The summed E-state index contributed by atoms with van der Waals surface area (Å²) in [4.78, 5) is 4.57. The van der Waals surface area contributed by atoms with Gasteiger partial charge in [-0.3, -0.25) is 0 Å². The van der Waals surface area contributed by atoms with E-state index >= 15 is 0 Å². The van der Waals surface area contributed by atoms with Crippen LogP contribution in [0.15, 0.2) is 54.4 Å². The van der Waals surface area contributed by atoms with Gasteiger partial charge in [0.1, 0.15) is 11.8 Å². The van der Waals surface area contributed by atoms with Crippen molar-refractivity contribution in [2.45, 2.75) is 51.5 Å². The molecule has 0 saturated heterocycles. The lowest BCUT2D eigenvalue weighted by Crippen LogP contribution is -2.11. The van der Waals surface area contributed by atoms with Gasteiger partial charge in [-0.15, -0.1) is 0 Å². The molecule has 2 aliphatic rings. The normalized spacial score (nSPS) is 24.2. The molecule has 1 aromatic carbocycles. The highest BCUT2D eigenvalue weighted by atomic mass is 15.3. The molecule has 4 heteroatoms. The molecule has 27 heavy (non-hydrogen) atoms. The van der Waals surface area contributed by atoms with Gasteiger partial charge in [-0.1, -0.05) is 49.8 Å². The van der Waals surface area contributed by atoms with Crippen molar-refractivity contribution in [2.75, 3.05) is 5.32 Å². The van der Waals surface area contributed by atoms with E-state index in [1.165, 1.54) is 23.2 Å². The summed E-state index contributed by atoms with van der Waals surface area (Å²) in [7, 11) is 0. The zero-order valence-electron chi connectivity index (χ0n) is 16.0. The fraction of sp³-hybridized carbons (Fsp3) is 0.391. The van der Waals surface area contributed by atoms with Crippen molar-refractivity contribution in [1.29, 1.82) is 0 Å². The van der Waals surface area contributed by atoms with Gasteiger partial charge in [0.2, 0.25) is 0 Å². The third kappa shape index (κ3) is 2.75. The zero-order chi connectivity index (χ0) is 18.4. The van der Waals surface area contributed by atoms with Crippen LogP contribution in [-0.2, 0) is 6.42 Å². The van der Waals surface area contributed by atoms with Gasteiger partial charge in [0.05, 0.1) is 6.04 Å². The number of nitrogens with one attached hydrogen (secondary N) is 1. The van der Waals surface area contributed by atoms with E-state index in [9.17, 15) is 0 Å². The zero-order valence-corrected chi connectivity index (χ0v) is 16.0. The molecule has 0 bridgehead atoms. The van der Waals surface area contributed by atoms with E-state index in [0.717, 1.165) is 30.6 Å². The lowest BCUT2D eigenvalue weighted by Gasteiger charge is -2.16. The second-order valence-corrected chi connectivity index (χ2v) is 7.94. The second-order valence-electron chi connectivity index (χ2n) is 7.94. The van der Waals surface area contributed by atoms with Gasteiger partial charge in [-0.25, -0.2) is 9.50 Å². The standard InChI is InChI=1S/C23H26N4/c1-3-16-13-18(12-15(16)2)21-10-11-22-23(24-14-25-27(21)22)26-20-9-8-17-6-4-5-7-19(17)20/h4-7,10-11,13-15,18,20H,3,8-9,12H2,1-2H3,(H,24,25,26)/t15-,18-,20-/m0/s1. The van der Waals surface area contributed by atoms with Gasteiger partial charge in [-0.05, 0) is 54.9 Å². The molecule has 0 saturated carbocycles. The van der Waals surface area contributed by atoms with Crippen molar-refractivity contribution in [2.24, 2.45) is 5.92 Å². The van der Waals surface area contributed by atoms with Crippen LogP contribution in [0.25, 0.3) is 5.52 Å². The fourth-order valence-corrected chi connectivity index (χ4v) is 4.91. The summed E-state index contributed by atoms with van der Waals surface area (Å²) in [6, 6.07) is 13.5. The van der Waals surface area contributed by atoms with Crippen LogP contribution >= 0.6 is 0 Å². The Morgan fingerprint density at radius 3 is 2.93 bits per heavy atom. The molecular weight excluding hydrogens is 332 g/mol. The van der Waals surface area contributed by atoms with Crippen molar-refractivity contribution in [1.82, 2.24) is 14.6 Å². The van der Waals surface area contributed by atoms with Crippen LogP contribution in [0.5, 0.6) is 0 Å². The van der Waals surface area contributed by atoms with Crippen LogP contribution in [0.1, 0.15) is 61.9 Å². The molecule has 2 aliphatic carbocycles. The smallest absolute Gasteiger partial charge is 0.154 e. The van der Waals surface area contributed by atoms with Crippen LogP contribution < -0.4 is 5.32 Å². The van der Waals surface area contributed by atoms with Gasteiger partial charge in [0.25, 0.3) is 0 Å². The predicted molar refractivity (Wildman–Crippen MR) is 109 cm³/mol. The number of anilines is 1. The Morgan fingerprint density at radius 2 is 2.07 bits per heavy atom. The molecular formula is C23H26N4. The molecule has 0 spiro atoms. The van der Waals surface area contributed by atoms with E-state index in [4.69, 9.17) is 0 Å². The SMILES string of the molecule is CCC1=C[C@@H](c2ccc3c(N[C@H]4CCc5ccccc54)ncnn23)C[C@@H]1C. The third-order valence-corrected chi connectivity index (χ3v) is 6.37. The van der Waals surface area contributed by atoms with Crippen LogP contribution in [0.2, 0.25) is 0 Å². The number of rotatable bonds is 4. The highest BCUT2D eigenvalue weighted by Gasteiger charge is 2.27. The minimum atomic E-state index is 0.330. The monoisotopic (exact) mass is 358 g/mol. The molecule has 4 nitrogen and oxygen atoms in total. The number of benzene rings is 1. The van der Waals surface area contributed by atoms with E-state index in [1.807, 2.05) is 0 Å². The van der Waals surface area contributed by atoms with Crippen LogP contribution in [0, 0.1) is 5.92 Å². The van der Waals surface area contributed by atoms with Gasteiger partial charge in [0.15, 0.2) is 5.82 Å². The average molecular weight is 358 g/mol. The van der Waals surface area contributed by atoms with Crippen LogP contribution in [0.3, 0.4) is 0 Å². The van der Waals surface area contributed by atoms with Crippen molar-refractivity contribution < 1.29 is 0 Å². The molecule has 2 heterocycles. The maximum atomic E-state index is 4.58. The van der Waals surface area contributed by atoms with E-state index in [2.05, 4.69) is 76.2 Å². The van der Waals surface area contributed by atoms with Crippen LogP contribution in [0.4, 0.5) is 5.82 Å². The molecule has 5 rings (SSSR count). The summed E-state index contributed by atoms with van der Waals surface area (Å²) < 4.78 is 2.09. The van der Waals surface area contributed by atoms with E-state index in [1.54, 1.807) is 11.9 Å². The maximum absolute atomic E-state index is 4.58. The Morgan fingerprint density at radius 1 is 1.19 bits per heavy atom. The molecule has 0 radical (unpaired) electrons. The number of nitrogens with zero attached hydrogens (tertiary/aromatic N) is 3. The summed E-state index contributed by atoms with van der Waals surface area (Å²) in [5.74, 6) is 2.05. The first-order valence-corrected chi connectivity index (χ1v) is 10.1. The van der Waals surface area contributed by atoms with Crippen molar-refractivity contribution in [3.8, 4) is 0 Å². The molecule has 3 aromatic rings. The number of aryl methyl sites for hydroxylation is 1. The Balaban J connectivity index is 1.48. The van der Waals surface area contributed by atoms with Crippen molar-refractivity contribution >= 4 is 11.3 Å². The summed E-state index contributed by atoms with van der Waals surface area (Å²) in [5.41, 5.74) is 6.78. The fourth-order valence-electron chi connectivity index (χ4n) is 4.91. The van der Waals surface area contributed by atoms with Crippen molar-refractivity contribution in [3.05, 3.63) is 71.2 Å². The first-order valence-electron chi connectivity index (χ1n) is 10.1. The van der Waals surface area contributed by atoms with Crippen molar-refractivity contribution in [3.63, 3.8) is 0 Å². The Labute approximate surface area is 160 Å². The van der Waals surface area contributed by atoms with Gasteiger partial charge in [-0.2, -0.15) is 5.10 Å². The molecule has 0 fully saturated rings. The second kappa shape index (κ2) is 6.52. The van der Waals surface area contributed by atoms with Crippen LogP contribution in [-0.4, -0.2) is 14.6 Å². The lowest BCUT2D eigenvalue weighted by atomic mass is 9.99. The quantitative estimate of drug-likeness (QED) is 0.645. The number of allylic oxidation sites excluding steroid dienone is 2. The Bertz CT molecular complexity index is 1020. The average Bonchev–Trinajstić information content (AvgIpc) is 3.39. The maximum Gasteiger partial charge on any atom is 0.154 e. The Hall–Kier alpha value is -2.62. The molecule has 138 valence electrons. The molecule has 3 atom stereocenters. The third-order valence-electron chi connectivity index (χ3n) is 6.37. The van der Waals surface area contributed by atoms with Gasteiger partial charge < -0.3 is 5.32 Å². The number of aromatic nitrogens is 3. The van der Waals surface area contributed by atoms with Gasteiger partial charge >= 0.3 is 0 Å². The summed E-state index contributed by atoms with van der Waals surface area (Å²) >= 11 is 0. The highest BCUT2D eigenvalue weighted by molar-refractivity contribution is 5.69. The van der Waals surface area contributed by atoms with Gasteiger partial charge in [0, 0.05) is 11.6 Å². The summed E-state index contributed by atoms with van der Waals surface area (Å²) in [5, 5.41) is 8.26. The molecule has 1 N–H and O–H groups in total. The number of hydrogen-bond donors (Lipinski definition) is 1. The molecule has 2 aromatic heterocycles. The minimum absolute atomic E-state index is 0.330. The highest BCUT2D eigenvalue weighted by Crippen LogP contribution is 2.39. The van der Waals surface area contributed by atoms with E-state index < -0.39 is 0 Å². The molecule has 0 unspecified atom stereocenters. The Kier molecular flexibility index (Phi) is 4.00. The molecule has 0 aliphatic heterocycles. The minimum Gasteiger partial charge on any atom is -0.361 e. The summed E-state index contributed by atoms with van der Waals surface area (Å²) in [6.07, 6.45) is 8.71. The molecule has 0 amide bonds. The predicted octanol–water partition coefficient (Wildman–Crippen LogP) is 5.29. The first kappa shape index (κ1) is 16.5. The number of fused-ring (bicyclic) bond motifs is 2. The lowest BCUT2D eigenvalue weighted by molar-refractivity contribution is 0.599. The van der Waals surface area contributed by atoms with E-state index in [0.29, 0.717) is 17.9 Å². The largest absolute Gasteiger partial charge is 0.361 e. The van der Waals surface area contributed by atoms with E-state index in [-0.39, 0.29) is 0 Å². The first-order chi connectivity index (χ1) is 13.2.